The van der Waals surface area contributed by atoms with E-state index in [9.17, 15) is 19.6 Å². The van der Waals surface area contributed by atoms with Crippen LogP contribution in [0.2, 0.25) is 0 Å². The van der Waals surface area contributed by atoms with E-state index in [2.05, 4.69) is 15.3 Å². The predicted molar refractivity (Wildman–Crippen MR) is 106 cm³/mol. The maximum Gasteiger partial charge on any atom is 0.475 e. The minimum absolute atomic E-state index is 0.0463. The Bertz CT molecular complexity index is 757. The average Bonchev–Trinajstić information content (AvgIpc) is 2.68. The molecule has 0 aliphatic carbocycles. The van der Waals surface area contributed by atoms with Gasteiger partial charge in [0.25, 0.3) is 0 Å². The molecule has 1 aromatic carbocycles. The van der Waals surface area contributed by atoms with Gasteiger partial charge in [-0.05, 0) is 24.3 Å². The van der Waals surface area contributed by atoms with Gasteiger partial charge in [0, 0.05) is 24.7 Å². The van der Waals surface area contributed by atoms with Crippen molar-refractivity contribution >= 4 is 18.8 Å². The summed E-state index contributed by atoms with van der Waals surface area (Å²) in [6, 6.07) is 9.39. The lowest BCUT2D eigenvalue weighted by atomic mass is 9.74. The molecule has 148 valence electrons. The van der Waals surface area contributed by atoms with Gasteiger partial charge in [0.15, 0.2) is 5.78 Å². The van der Waals surface area contributed by atoms with Crippen molar-refractivity contribution in [2.45, 2.75) is 39.1 Å². The van der Waals surface area contributed by atoms with E-state index in [1.807, 2.05) is 44.2 Å². The summed E-state index contributed by atoms with van der Waals surface area (Å²) >= 11 is 0. The molecule has 2 aromatic rings. The number of nitrogens with one attached hydrogen (secondary N) is 1. The largest absolute Gasteiger partial charge is 0.475 e. The van der Waals surface area contributed by atoms with Gasteiger partial charge in [-0.15, -0.1) is 0 Å². The highest BCUT2D eigenvalue weighted by Crippen LogP contribution is 2.17. The third-order valence-electron chi connectivity index (χ3n) is 4.39. The number of Topliss-reactive ketones (excluding diaryl/α,β-unsaturated/α-hetero) is 1. The third kappa shape index (κ3) is 6.86. The number of ketones is 1. The van der Waals surface area contributed by atoms with Crippen LogP contribution in [0.3, 0.4) is 0 Å². The van der Waals surface area contributed by atoms with Crippen LogP contribution in [0.1, 0.15) is 42.7 Å². The molecule has 0 bridgehead atoms. The van der Waals surface area contributed by atoms with Crippen molar-refractivity contribution in [2.24, 2.45) is 11.8 Å². The van der Waals surface area contributed by atoms with Crippen molar-refractivity contribution < 1.29 is 19.6 Å². The normalized spacial score (nSPS) is 13.0. The van der Waals surface area contributed by atoms with Crippen molar-refractivity contribution in [1.82, 2.24) is 15.3 Å². The highest BCUT2D eigenvalue weighted by molar-refractivity contribution is 6.43. The van der Waals surface area contributed by atoms with E-state index >= 15 is 0 Å². The summed E-state index contributed by atoms with van der Waals surface area (Å²) in [6.45, 7) is 3.86. The SMILES string of the molecule is CC(C)C[C@H](NC(=O)C(CC(=O)c1cnccn1)Cc1ccccc1)B(O)O. The topological polar surface area (TPSA) is 112 Å². The van der Waals surface area contributed by atoms with Crippen molar-refractivity contribution in [1.29, 1.82) is 0 Å². The van der Waals surface area contributed by atoms with Gasteiger partial charge >= 0.3 is 7.12 Å². The summed E-state index contributed by atoms with van der Waals surface area (Å²) < 4.78 is 0. The van der Waals surface area contributed by atoms with Gasteiger partial charge in [0.1, 0.15) is 5.69 Å². The van der Waals surface area contributed by atoms with E-state index in [-0.39, 0.29) is 29.7 Å². The Balaban J connectivity index is 2.16. The molecule has 0 saturated heterocycles. The van der Waals surface area contributed by atoms with Crippen LogP contribution in [0.15, 0.2) is 48.9 Å². The van der Waals surface area contributed by atoms with Gasteiger partial charge in [-0.1, -0.05) is 44.2 Å². The van der Waals surface area contributed by atoms with Crippen molar-refractivity contribution in [3.63, 3.8) is 0 Å². The first-order chi connectivity index (χ1) is 13.4. The average molecular weight is 383 g/mol. The Hall–Kier alpha value is -2.58. The van der Waals surface area contributed by atoms with Crippen LogP contribution in [0, 0.1) is 11.8 Å². The van der Waals surface area contributed by atoms with Crippen LogP contribution < -0.4 is 5.32 Å². The zero-order valence-corrected chi connectivity index (χ0v) is 16.2. The van der Waals surface area contributed by atoms with E-state index in [4.69, 9.17) is 0 Å². The van der Waals surface area contributed by atoms with E-state index in [0.717, 1.165) is 5.56 Å². The second-order valence-corrected chi connectivity index (χ2v) is 7.26. The standard InChI is InChI=1S/C20H26BN3O4/c1-14(2)10-19(21(27)28)24-20(26)16(11-15-6-4-3-5-7-15)12-18(25)17-13-22-8-9-23-17/h3-9,13-14,16,19,27-28H,10-12H2,1-2H3,(H,24,26)/t16?,19-/m0/s1. The smallest absolute Gasteiger partial charge is 0.426 e. The Morgan fingerprint density at radius 3 is 2.43 bits per heavy atom. The van der Waals surface area contributed by atoms with Crippen molar-refractivity contribution in [2.75, 3.05) is 0 Å². The Kier molecular flexibility index (Phi) is 8.29. The number of rotatable bonds is 10. The van der Waals surface area contributed by atoms with E-state index < -0.39 is 19.0 Å². The first kappa shape index (κ1) is 21.7. The van der Waals surface area contributed by atoms with Crippen molar-refractivity contribution in [3.8, 4) is 0 Å². The molecule has 1 amide bonds. The minimum atomic E-state index is -1.67. The highest BCUT2D eigenvalue weighted by Gasteiger charge is 2.30. The third-order valence-corrected chi connectivity index (χ3v) is 4.39. The first-order valence-electron chi connectivity index (χ1n) is 9.36. The number of carbonyl (C=O) groups excluding carboxylic acids is 2. The van der Waals surface area contributed by atoms with Crippen LogP contribution in [-0.2, 0) is 11.2 Å². The molecular weight excluding hydrogens is 357 g/mol. The van der Waals surface area contributed by atoms with Gasteiger partial charge in [-0.3, -0.25) is 14.6 Å². The fourth-order valence-corrected chi connectivity index (χ4v) is 2.99. The van der Waals surface area contributed by atoms with Gasteiger partial charge in [0.05, 0.1) is 12.1 Å². The van der Waals surface area contributed by atoms with Crippen LogP contribution >= 0.6 is 0 Å². The monoisotopic (exact) mass is 383 g/mol. The number of amides is 1. The molecule has 1 unspecified atom stereocenters. The lowest BCUT2D eigenvalue weighted by Gasteiger charge is -2.23. The van der Waals surface area contributed by atoms with E-state index in [1.54, 1.807) is 0 Å². The molecule has 0 spiro atoms. The first-order valence-corrected chi connectivity index (χ1v) is 9.36. The Morgan fingerprint density at radius 2 is 1.86 bits per heavy atom. The van der Waals surface area contributed by atoms with Crippen molar-refractivity contribution in [3.05, 3.63) is 60.2 Å². The second kappa shape index (κ2) is 10.7. The molecule has 0 saturated carbocycles. The van der Waals surface area contributed by atoms with Crippen LogP contribution in [0.5, 0.6) is 0 Å². The minimum Gasteiger partial charge on any atom is -0.426 e. The van der Waals surface area contributed by atoms with Crippen LogP contribution in [-0.4, -0.2) is 44.8 Å². The van der Waals surface area contributed by atoms with E-state index in [1.165, 1.54) is 18.6 Å². The lowest BCUT2D eigenvalue weighted by molar-refractivity contribution is -0.125. The maximum atomic E-state index is 12.9. The molecule has 0 radical (unpaired) electrons. The molecule has 8 heteroatoms. The molecule has 7 nitrogen and oxygen atoms in total. The highest BCUT2D eigenvalue weighted by atomic mass is 16.4. The summed E-state index contributed by atoms with van der Waals surface area (Å²) in [7, 11) is -1.67. The van der Waals surface area contributed by atoms with Gasteiger partial charge < -0.3 is 15.4 Å². The number of aromatic nitrogens is 2. The molecule has 2 atom stereocenters. The van der Waals surface area contributed by atoms with E-state index in [0.29, 0.717) is 12.8 Å². The lowest BCUT2D eigenvalue weighted by Crippen LogP contribution is -2.49. The van der Waals surface area contributed by atoms with Crippen LogP contribution in [0.4, 0.5) is 0 Å². The summed E-state index contributed by atoms with van der Waals surface area (Å²) in [4.78, 5) is 33.4. The summed E-state index contributed by atoms with van der Waals surface area (Å²) in [5.74, 6) is -1.96. The predicted octanol–water partition coefficient (Wildman–Crippen LogP) is 1.45. The van der Waals surface area contributed by atoms with Crippen LogP contribution in [0.25, 0.3) is 0 Å². The zero-order valence-electron chi connectivity index (χ0n) is 16.2. The molecule has 0 fully saturated rings. The summed E-state index contributed by atoms with van der Waals surface area (Å²) in [5.41, 5.74) is 1.12. The van der Waals surface area contributed by atoms with Gasteiger partial charge in [0.2, 0.25) is 5.91 Å². The molecule has 0 aliphatic heterocycles. The summed E-state index contributed by atoms with van der Waals surface area (Å²) in [6.07, 6.45) is 5.01. The number of nitrogens with zero attached hydrogens (tertiary/aromatic N) is 2. The molecule has 1 aromatic heterocycles. The number of hydrogen-bond acceptors (Lipinski definition) is 6. The Morgan fingerprint density at radius 1 is 1.14 bits per heavy atom. The number of hydrogen-bond donors (Lipinski definition) is 3. The second-order valence-electron chi connectivity index (χ2n) is 7.26. The molecule has 3 N–H and O–H groups in total. The molecule has 0 aliphatic rings. The fourth-order valence-electron chi connectivity index (χ4n) is 2.99. The molecule has 2 rings (SSSR count). The molecule has 1 heterocycles. The van der Waals surface area contributed by atoms with Gasteiger partial charge in [-0.2, -0.15) is 0 Å². The van der Waals surface area contributed by atoms with Gasteiger partial charge in [-0.25, -0.2) is 4.98 Å². The fraction of sp³-hybridized carbons (Fsp3) is 0.400. The number of carbonyl (C=O) groups is 2. The molecule has 28 heavy (non-hydrogen) atoms. The zero-order chi connectivity index (χ0) is 20.5. The summed E-state index contributed by atoms with van der Waals surface area (Å²) in [5, 5.41) is 21.9. The maximum absolute atomic E-state index is 12.9. The molecular formula is C20H26BN3O4. The number of benzene rings is 1. The quantitative estimate of drug-likeness (QED) is 0.423. The Labute approximate surface area is 165 Å².